The molecule has 3 aromatic rings. The van der Waals surface area contributed by atoms with Crippen molar-refractivity contribution in [2.24, 2.45) is 0 Å². The number of nitrogens with two attached hydrogens (primary N) is 1. The molecule has 0 atom stereocenters. The minimum atomic E-state index is 0.235. The molecule has 4 nitrogen and oxygen atoms in total. The Hall–Kier alpha value is -3.14. The van der Waals surface area contributed by atoms with Crippen LogP contribution in [0, 0.1) is 6.92 Å². The second-order valence-corrected chi connectivity index (χ2v) is 7.85. The number of ether oxygens (including phenoxy) is 2. The SMILES string of the molecule is CCc1c(O)ccc(Oc2c(C)cc(N)c3c2CCC3)c1OCCc1ccccc1. The van der Waals surface area contributed by atoms with Gasteiger partial charge in [0, 0.05) is 23.2 Å². The van der Waals surface area contributed by atoms with E-state index < -0.39 is 0 Å². The predicted octanol–water partition coefficient (Wildman–Crippen LogP) is 5.75. The molecule has 3 aromatic carbocycles. The van der Waals surface area contributed by atoms with Crippen LogP contribution in [0.2, 0.25) is 0 Å². The number of aryl methyl sites for hydroxylation is 1. The van der Waals surface area contributed by atoms with E-state index >= 15 is 0 Å². The van der Waals surface area contributed by atoms with Crippen molar-refractivity contribution in [2.45, 2.75) is 46.0 Å². The second-order valence-electron chi connectivity index (χ2n) is 7.85. The summed E-state index contributed by atoms with van der Waals surface area (Å²) in [5, 5.41) is 10.4. The minimum Gasteiger partial charge on any atom is -0.508 e. The lowest BCUT2D eigenvalue weighted by Gasteiger charge is -2.20. The summed E-state index contributed by atoms with van der Waals surface area (Å²) >= 11 is 0. The standard InChI is InChI=1S/C26H29NO3/c1-3-19-23(28)12-13-24(26(19)29-15-14-18-8-5-4-6-9-18)30-25-17(2)16-22(27)20-10-7-11-21(20)25/h4-6,8-9,12-13,16,28H,3,7,10-11,14-15,27H2,1-2H3. The molecule has 0 spiro atoms. The Balaban J connectivity index is 1.65. The average molecular weight is 404 g/mol. The first-order chi connectivity index (χ1) is 14.6. The molecule has 30 heavy (non-hydrogen) atoms. The van der Waals surface area contributed by atoms with E-state index in [1.54, 1.807) is 12.1 Å². The zero-order valence-electron chi connectivity index (χ0n) is 17.7. The van der Waals surface area contributed by atoms with Crippen molar-refractivity contribution in [3.8, 4) is 23.0 Å². The Morgan fingerprint density at radius 3 is 2.53 bits per heavy atom. The Morgan fingerprint density at radius 1 is 1.00 bits per heavy atom. The van der Waals surface area contributed by atoms with Gasteiger partial charge in [-0.3, -0.25) is 0 Å². The van der Waals surface area contributed by atoms with Crippen LogP contribution in [0.5, 0.6) is 23.0 Å². The summed E-state index contributed by atoms with van der Waals surface area (Å²) in [4.78, 5) is 0. The van der Waals surface area contributed by atoms with Crippen molar-refractivity contribution >= 4 is 5.69 Å². The van der Waals surface area contributed by atoms with E-state index in [2.05, 4.69) is 12.1 Å². The fraction of sp³-hybridized carbons (Fsp3) is 0.308. The lowest BCUT2D eigenvalue weighted by atomic mass is 10.0. The number of anilines is 1. The van der Waals surface area contributed by atoms with Crippen LogP contribution < -0.4 is 15.2 Å². The van der Waals surface area contributed by atoms with Crippen molar-refractivity contribution < 1.29 is 14.6 Å². The third kappa shape index (κ3) is 3.95. The van der Waals surface area contributed by atoms with Crippen LogP contribution in [-0.2, 0) is 25.7 Å². The minimum absolute atomic E-state index is 0.235. The van der Waals surface area contributed by atoms with Crippen molar-refractivity contribution in [2.75, 3.05) is 12.3 Å². The molecule has 0 bridgehead atoms. The third-order valence-electron chi connectivity index (χ3n) is 5.82. The highest BCUT2D eigenvalue weighted by Crippen LogP contribution is 2.44. The van der Waals surface area contributed by atoms with Crippen LogP contribution in [0.1, 0.15) is 41.2 Å². The summed E-state index contributed by atoms with van der Waals surface area (Å²) in [6.07, 6.45) is 4.50. The number of hydrogen-bond acceptors (Lipinski definition) is 4. The largest absolute Gasteiger partial charge is 0.508 e. The number of hydrogen-bond donors (Lipinski definition) is 2. The molecule has 0 saturated carbocycles. The molecule has 0 unspecified atom stereocenters. The van der Waals surface area contributed by atoms with E-state index in [0.717, 1.165) is 48.2 Å². The zero-order chi connectivity index (χ0) is 21.1. The Labute approximate surface area is 178 Å². The van der Waals surface area contributed by atoms with E-state index in [9.17, 15) is 5.11 Å². The number of nitrogen functional groups attached to an aromatic ring is 1. The molecule has 3 N–H and O–H groups in total. The first-order valence-corrected chi connectivity index (χ1v) is 10.7. The molecule has 156 valence electrons. The van der Waals surface area contributed by atoms with E-state index in [4.69, 9.17) is 15.2 Å². The molecule has 4 rings (SSSR count). The van der Waals surface area contributed by atoms with Crippen molar-refractivity contribution in [3.63, 3.8) is 0 Å². The van der Waals surface area contributed by atoms with Crippen LogP contribution >= 0.6 is 0 Å². The topological polar surface area (TPSA) is 64.7 Å². The Bertz CT molecular complexity index is 1040. The molecular formula is C26H29NO3. The van der Waals surface area contributed by atoms with Gasteiger partial charge in [-0.1, -0.05) is 37.3 Å². The van der Waals surface area contributed by atoms with Gasteiger partial charge in [0.1, 0.15) is 11.5 Å². The van der Waals surface area contributed by atoms with Gasteiger partial charge in [-0.05, 0) is 67.5 Å². The van der Waals surface area contributed by atoms with Gasteiger partial charge in [-0.2, -0.15) is 0 Å². The number of aromatic hydroxyl groups is 1. The van der Waals surface area contributed by atoms with E-state index in [-0.39, 0.29) is 5.75 Å². The molecule has 0 fully saturated rings. The highest BCUT2D eigenvalue weighted by molar-refractivity contribution is 5.63. The van der Waals surface area contributed by atoms with Gasteiger partial charge >= 0.3 is 0 Å². The number of phenols is 1. The fourth-order valence-electron chi connectivity index (χ4n) is 4.28. The summed E-state index contributed by atoms with van der Waals surface area (Å²) in [7, 11) is 0. The van der Waals surface area contributed by atoms with Crippen LogP contribution in [-0.4, -0.2) is 11.7 Å². The molecule has 0 aliphatic heterocycles. The van der Waals surface area contributed by atoms with E-state index in [1.807, 2.05) is 38.1 Å². The van der Waals surface area contributed by atoms with Crippen molar-refractivity contribution in [1.29, 1.82) is 0 Å². The van der Waals surface area contributed by atoms with Gasteiger partial charge in [-0.15, -0.1) is 0 Å². The first kappa shape index (κ1) is 20.1. The molecule has 0 heterocycles. The van der Waals surface area contributed by atoms with Crippen LogP contribution in [0.4, 0.5) is 5.69 Å². The second kappa shape index (κ2) is 8.70. The number of benzene rings is 3. The molecule has 0 radical (unpaired) electrons. The summed E-state index contributed by atoms with van der Waals surface area (Å²) < 4.78 is 12.6. The Morgan fingerprint density at radius 2 is 1.77 bits per heavy atom. The molecule has 0 amide bonds. The maximum Gasteiger partial charge on any atom is 0.169 e. The molecule has 0 saturated heterocycles. The fourth-order valence-corrected chi connectivity index (χ4v) is 4.28. The lowest BCUT2D eigenvalue weighted by molar-refractivity contribution is 0.299. The predicted molar refractivity (Wildman–Crippen MR) is 121 cm³/mol. The third-order valence-corrected chi connectivity index (χ3v) is 5.82. The number of phenolic OH excluding ortho intramolecular Hbond substituents is 1. The molecule has 0 aromatic heterocycles. The molecular weight excluding hydrogens is 374 g/mol. The molecule has 1 aliphatic rings. The van der Waals surface area contributed by atoms with Gasteiger partial charge in [0.2, 0.25) is 0 Å². The van der Waals surface area contributed by atoms with Crippen LogP contribution in [0.3, 0.4) is 0 Å². The van der Waals surface area contributed by atoms with Crippen molar-refractivity contribution in [1.82, 2.24) is 0 Å². The summed E-state index contributed by atoms with van der Waals surface area (Å²) in [6, 6.07) is 15.7. The number of rotatable bonds is 7. The van der Waals surface area contributed by atoms with Gasteiger partial charge < -0.3 is 20.3 Å². The maximum atomic E-state index is 10.4. The molecule has 1 aliphatic carbocycles. The summed E-state index contributed by atoms with van der Waals surface area (Å²) in [5.41, 5.74) is 12.5. The van der Waals surface area contributed by atoms with Gasteiger partial charge in [0.15, 0.2) is 11.5 Å². The van der Waals surface area contributed by atoms with Crippen molar-refractivity contribution in [3.05, 3.63) is 76.3 Å². The maximum absolute atomic E-state index is 10.4. The molecule has 4 heteroatoms. The average Bonchev–Trinajstić information content (AvgIpc) is 3.24. The Kier molecular flexibility index (Phi) is 5.84. The quantitative estimate of drug-likeness (QED) is 0.493. The summed E-state index contributed by atoms with van der Waals surface area (Å²) in [5.74, 6) is 2.37. The first-order valence-electron chi connectivity index (χ1n) is 10.7. The van der Waals surface area contributed by atoms with Gasteiger partial charge in [0.05, 0.1) is 6.61 Å². The van der Waals surface area contributed by atoms with Crippen LogP contribution in [0.15, 0.2) is 48.5 Å². The highest BCUT2D eigenvalue weighted by atomic mass is 16.5. The van der Waals surface area contributed by atoms with Gasteiger partial charge in [-0.25, -0.2) is 0 Å². The summed E-state index contributed by atoms with van der Waals surface area (Å²) in [6.45, 7) is 4.55. The van der Waals surface area contributed by atoms with Crippen LogP contribution in [0.25, 0.3) is 0 Å². The smallest absolute Gasteiger partial charge is 0.169 e. The zero-order valence-corrected chi connectivity index (χ0v) is 17.7. The highest BCUT2D eigenvalue weighted by Gasteiger charge is 2.23. The number of fused-ring (bicyclic) bond motifs is 1. The van der Waals surface area contributed by atoms with E-state index in [1.165, 1.54) is 16.7 Å². The van der Waals surface area contributed by atoms with E-state index in [0.29, 0.717) is 24.5 Å². The monoisotopic (exact) mass is 403 g/mol. The lowest BCUT2D eigenvalue weighted by Crippen LogP contribution is -2.06. The normalized spacial score (nSPS) is 12.6. The van der Waals surface area contributed by atoms with Gasteiger partial charge in [0.25, 0.3) is 0 Å².